The summed E-state index contributed by atoms with van der Waals surface area (Å²) in [5, 5.41) is 5.71. The normalized spacial score (nSPS) is 16.8. The van der Waals surface area contributed by atoms with Crippen LogP contribution >= 0.6 is 15.9 Å². The first-order chi connectivity index (χ1) is 10.5. The van der Waals surface area contributed by atoms with Crippen molar-refractivity contribution in [2.45, 2.75) is 50.6 Å². The van der Waals surface area contributed by atoms with Gasteiger partial charge in [0, 0.05) is 10.5 Å². The topological polar surface area (TPSA) is 84.2 Å². The Kier molecular flexibility index (Phi) is 6.24. The van der Waals surface area contributed by atoms with Gasteiger partial charge in [-0.3, -0.25) is 4.79 Å². The predicted octanol–water partition coefficient (Wildman–Crippen LogP) is 3.00. The number of nitrogens with one attached hydrogen (secondary N) is 2. The zero-order valence-electron chi connectivity index (χ0n) is 12.5. The monoisotopic (exact) mass is 367 g/mol. The van der Waals surface area contributed by atoms with Crippen LogP contribution in [0.5, 0.6) is 0 Å². The van der Waals surface area contributed by atoms with Crippen molar-refractivity contribution in [1.29, 1.82) is 0 Å². The number of halogens is 1. The minimum atomic E-state index is -0.626. The molecule has 1 aromatic carbocycles. The molecule has 4 N–H and O–H groups in total. The average Bonchev–Trinajstić information content (AvgIpc) is 2.48. The van der Waals surface area contributed by atoms with Crippen molar-refractivity contribution >= 4 is 27.9 Å². The van der Waals surface area contributed by atoms with Gasteiger partial charge < -0.3 is 16.4 Å². The van der Waals surface area contributed by atoms with E-state index in [1.54, 1.807) is 0 Å². The van der Waals surface area contributed by atoms with Gasteiger partial charge >= 0.3 is 6.03 Å². The first-order valence-corrected chi connectivity index (χ1v) is 8.44. The van der Waals surface area contributed by atoms with Gasteiger partial charge in [-0.05, 0) is 30.5 Å². The van der Waals surface area contributed by atoms with Crippen molar-refractivity contribution < 1.29 is 9.59 Å². The third-order valence-corrected chi connectivity index (χ3v) is 4.48. The molecule has 0 saturated heterocycles. The van der Waals surface area contributed by atoms with Crippen molar-refractivity contribution in [2.24, 2.45) is 5.73 Å². The first-order valence-electron chi connectivity index (χ1n) is 7.65. The Morgan fingerprint density at radius 1 is 1.18 bits per heavy atom. The van der Waals surface area contributed by atoms with E-state index >= 15 is 0 Å². The molecule has 1 aromatic rings. The number of benzene rings is 1. The molecular weight excluding hydrogens is 346 g/mol. The van der Waals surface area contributed by atoms with Crippen molar-refractivity contribution in [2.75, 3.05) is 0 Å². The van der Waals surface area contributed by atoms with Gasteiger partial charge in [-0.1, -0.05) is 47.3 Å². The van der Waals surface area contributed by atoms with Gasteiger partial charge in [0.05, 0.1) is 12.5 Å². The largest absolute Gasteiger partial charge is 0.353 e. The molecule has 0 spiro atoms. The van der Waals surface area contributed by atoms with Crippen LogP contribution in [0, 0.1) is 0 Å². The Morgan fingerprint density at radius 2 is 1.82 bits per heavy atom. The molecule has 5 nitrogen and oxygen atoms in total. The summed E-state index contributed by atoms with van der Waals surface area (Å²) < 4.78 is 0.945. The summed E-state index contributed by atoms with van der Waals surface area (Å²) >= 11 is 3.37. The number of urea groups is 1. The lowest BCUT2D eigenvalue weighted by Gasteiger charge is -2.24. The maximum absolute atomic E-state index is 12.2. The molecule has 1 fully saturated rings. The third-order valence-electron chi connectivity index (χ3n) is 3.95. The van der Waals surface area contributed by atoms with Crippen LogP contribution in [0.1, 0.15) is 50.1 Å². The Balaban J connectivity index is 1.97. The number of nitrogens with two attached hydrogens (primary N) is 1. The van der Waals surface area contributed by atoms with Gasteiger partial charge in [0.1, 0.15) is 0 Å². The summed E-state index contributed by atoms with van der Waals surface area (Å²) in [4.78, 5) is 23.4. The quantitative estimate of drug-likeness (QED) is 0.747. The molecule has 120 valence electrons. The van der Waals surface area contributed by atoms with E-state index in [0.717, 1.165) is 22.9 Å². The molecule has 1 aliphatic carbocycles. The van der Waals surface area contributed by atoms with E-state index < -0.39 is 12.1 Å². The molecule has 0 radical (unpaired) electrons. The van der Waals surface area contributed by atoms with E-state index in [0.29, 0.717) is 0 Å². The predicted molar refractivity (Wildman–Crippen MR) is 89.2 cm³/mol. The van der Waals surface area contributed by atoms with Crippen LogP contribution in [-0.2, 0) is 4.79 Å². The summed E-state index contributed by atoms with van der Waals surface area (Å²) in [6, 6.07) is 6.73. The van der Waals surface area contributed by atoms with Crippen LogP contribution in [0.4, 0.5) is 4.79 Å². The summed E-state index contributed by atoms with van der Waals surface area (Å²) in [7, 11) is 0. The fourth-order valence-corrected chi connectivity index (χ4v) is 3.10. The lowest BCUT2D eigenvalue weighted by atomic mass is 9.95. The summed E-state index contributed by atoms with van der Waals surface area (Å²) in [6.45, 7) is 0. The highest BCUT2D eigenvalue weighted by molar-refractivity contribution is 9.10. The molecule has 22 heavy (non-hydrogen) atoms. The second kappa shape index (κ2) is 8.17. The summed E-state index contributed by atoms with van der Waals surface area (Å²) in [6.07, 6.45) is 5.86. The average molecular weight is 368 g/mol. The molecule has 0 heterocycles. The fraction of sp³-hybridized carbons (Fsp3) is 0.500. The molecule has 1 aliphatic rings. The smallest absolute Gasteiger partial charge is 0.312 e. The van der Waals surface area contributed by atoms with Crippen molar-refractivity contribution in [3.63, 3.8) is 0 Å². The number of primary amides is 1. The van der Waals surface area contributed by atoms with Crippen LogP contribution in [0.25, 0.3) is 0 Å². The van der Waals surface area contributed by atoms with Crippen LogP contribution in [0.2, 0.25) is 0 Å². The lowest BCUT2D eigenvalue weighted by Crippen LogP contribution is -2.40. The van der Waals surface area contributed by atoms with E-state index in [-0.39, 0.29) is 18.4 Å². The minimum Gasteiger partial charge on any atom is -0.353 e. The van der Waals surface area contributed by atoms with Crippen LogP contribution < -0.4 is 16.4 Å². The van der Waals surface area contributed by atoms with Gasteiger partial charge in [-0.2, -0.15) is 0 Å². The maximum atomic E-state index is 12.2. The van der Waals surface area contributed by atoms with Crippen molar-refractivity contribution in [3.8, 4) is 0 Å². The molecule has 0 bridgehead atoms. The van der Waals surface area contributed by atoms with E-state index in [1.165, 1.54) is 19.3 Å². The summed E-state index contributed by atoms with van der Waals surface area (Å²) in [5.41, 5.74) is 6.09. The second-order valence-electron chi connectivity index (χ2n) is 5.72. The number of rotatable bonds is 5. The molecule has 1 saturated carbocycles. The standard InChI is InChI=1S/C16H22BrN3O2/c17-12-8-6-11(7-9-12)14(20-16(18)22)10-15(21)19-13-4-2-1-3-5-13/h6-9,13-14H,1-5,10H2,(H,19,21)(H3,18,20,22)/t14-/m0/s1. The number of carbonyl (C=O) groups is 2. The van der Waals surface area contributed by atoms with Crippen LogP contribution in [0.15, 0.2) is 28.7 Å². The number of carbonyl (C=O) groups excluding carboxylic acids is 2. The molecule has 0 aromatic heterocycles. The van der Waals surface area contributed by atoms with Gasteiger partial charge in [0.2, 0.25) is 5.91 Å². The maximum Gasteiger partial charge on any atom is 0.312 e. The highest BCUT2D eigenvalue weighted by Gasteiger charge is 2.20. The van der Waals surface area contributed by atoms with Crippen molar-refractivity contribution in [1.82, 2.24) is 10.6 Å². The molecular formula is C16H22BrN3O2. The molecule has 1 atom stereocenters. The Labute approximate surface area is 139 Å². The Bertz CT molecular complexity index is 513. The number of hydrogen-bond donors (Lipinski definition) is 3. The number of hydrogen-bond acceptors (Lipinski definition) is 2. The SMILES string of the molecule is NC(=O)N[C@@H](CC(=O)NC1CCCCC1)c1ccc(Br)cc1. The highest BCUT2D eigenvalue weighted by atomic mass is 79.9. The van der Waals surface area contributed by atoms with Crippen LogP contribution in [0.3, 0.4) is 0 Å². The van der Waals surface area contributed by atoms with Gasteiger partial charge in [0.25, 0.3) is 0 Å². The van der Waals surface area contributed by atoms with E-state index in [4.69, 9.17) is 5.73 Å². The third kappa shape index (κ3) is 5.33. The second-order valence-corrected chi connectivity index (χ2v) is 6.63. The lowest BCUT2D eigenvalue weighted by molar-refractivity contribution is -0.122. The molecule has 6 heteroatoms. The zero-order valence-corrected chi connectivity index (χ0v) is 14.1. The first kappa shape index (κ1) is 16.8. The summed E-state index contributed by atoms with van der Waals surface area (Å²) in [5.74, 6) is -0.0476. The van der Waals surface area contributed by atoms with Gasteiger partial charge in [-0.15, -0.1) is 0 Å². The molecule has 0 unspecified atom stereocenters. The molecule has 2 rings (SSSR count). The van der Waals surface area contributed by atoms with E-state index in [9.17, 15) is 9.59 Å². The number of amides is 3. The highest BCUT2D eigenvalue weighted by Crippen LogP contribution is 2.21. The molecule has 3 amide bonds. The zero-order chi connectivity index (χ0) is 15.9. The van der Waals surface area contributed by atoms with E-state index in [2.05, 4.69) is 26.6 Å². The van der Waals surface area contributed by atoms with E-state index in [1.807, 2.05) is 24.3 Å². The van der Waals surface area contributed by atoms with Gasteiger partial charge in [-0.25, -0.2) is 4.79 Å². The van der Waals surface area contributed by atoms with Gasteiger partial charge in [0.15, 0.2) is 0 Å². The van der Waals surface area contributed by atoms with Crippen LogP contribution in [-0.4, -0.2) is 18.0 Å². The van der Waals surface area contributed by atoms with Crippen molar-refractivity contribution in [3.05, 3.63) is 34.3 Å². The fourth-order valence-electron chi connectivity index (χ4n) is 2.84. The Morgan fingerprint density at radius 3 is 2.41 bits per heavy atom. The minimum absolute atomic E-state index is 0.0476. The Hall–Kier alpha value is -1.56. The molecule has 0 aliphatic heterocycles.